The second-order valence-electron chi connectivity index (χ2n) is 4.75. The van der Waals surface area contributed by atoms with Crippen LogP contribution in [0.1, 0.15) is 16.0 Å². The second kappa shape index (κ2) is 6.49. The van der Waals surface area contributed by atoms with Crippen molar-refractivity contribution in [2.75, 3.05) is 18.5 Å². The van der Waals surface area contributed by atoms with Crippen LogP contribution in [0, 0.1) is 0 Å². The normalized spacial score (nSPS) is 11.7. The van der Waals surface area contributed by atoms with Crippen molar-refractivity contribution in [2.45, 2.75) is 19.2 Å². The topological polar surface area (TPSA) is 23.5 Å². The number of alkyl halides is 3. The molecule has 0 aliphatic carbocycles. The maximum Gasteiger partial charge on any atom is 0.416 e. The number of likely N-dealkylation sites (N-methyl/N-ethyl adjacent to an activating group) is 1. The van der Waals surface area contributed by atoms with Gasteiger partial charge in [-0.1, -0.05) is 12.1 Å². The van der Waals surface area contributed by atoms with Crippen molar-refractivity contribution in [3.8, 4) is 0 Å². The van der Waals surface area contributed by atoms with E-state index in [0.29, 0.717) is 12.2 Å². The SMILES string of the molecule is CN(CCc1cccs1)c1ccc(CO)c(C(F)(F)F)c1. The van der Waals surface area contributed by atoms with Crippen LogP contribution in [0.3, 0.4) is 0 Å². The van der Waals surface area contributed by atoms with Crippen LogP contribution in [-0.2, 0) is 19.2 Å². The summed E-state index contributed by atoms with van der Waals surface area (Å²) < 4.78 is 38.9. The van der Waals surface area contributed by atoms with Crippen LogP contribution in [0.25, 0.3) is 0 Å². The van der Waals surface area contributed by atoms with Gasteiger partial charge in [-0.2, -0.15) is 13.2 Å². The van der Waals surface area contributed by atoms with Crippen molar-refractivity contribution in [3.63, 3.8) is 0 Å². The number of benzene rings is 1. The zero-order valence-electron chi connectivity index (χ0n) is 11.5. The summed E-state index contributed by atoms with van der Waals surface area (Å²) in [5, 5.41) is 11.0. The Bertz CT molecular complexity index is 581. The largest absolute Gasteiger partial charge is 0.416 e. The molecule has 0 fully saturated rings. The first kappa shape index (κ1) is 15.9. The van der Waals surface area contributed by atoms with E-state index in [1.807, 2.05) is 17.5 Å². The maximum atomic E-state index is 13.0. The van der Waals surface area contributed by atoms with Crippen LogP contribution in [0.4, 0.5) is 18.9 Å². The summed E-state index contributed by atoms with van der Waals surface area (Å²) in [6.07, 6.45) is -3.67. The fourth-order valence-corrected chi connectivity index (χ4v) is 2.76. The van der Waals surface area contributed by atoms with Gasteiger partial charge in [0, 0.05) is 24.2 Å². The quantitative estimate of drug-likeness (QED) is 0.903. The first-order valence-electron chi connectivity index (χ1n) is 6.46. The van der Waals surface area contributed by atoms with E-state index in [1.54, 1.807) is 29.4 Å². The summed E-state index contributed by atoms with van der Waals surface area (Å²) in [5.41, 5.74) is -0.375. The van der Waals surface area contributed by atoms with Gasteiger partial charge in [0.05, 0.1) is 12.2 Å². The fraction of sp³-hybridized carbons (Fsp3) is 0.333. The van der Waals surface area contributed by atoms with Gasteiger partial charge in [0.25, 0.3) is 0 Å². The Morgan fingerprint density at radius 1 is 1.24 bits per heavy atom. The van der Waals surface area contributed by atoms with Gasteiger partial charge in [0.2, 0.25) is 0 Å². The molecule has 0 amide bonds. The number of rotatable bonds is 5. The number of halogens is 3. The lowest BCUT2D eigenvalue weighted by molar-refractivity contribution is -0.138. The average Bonchev–Trinajstić information content (AvgIpc) is 2.96. The third-order valence-electron chi connectivity index (χ3n) is 3.28. The molecule has 0 saturated heterocycles. The fourth-order valence-electron chi connectivity index (χ4n) is 2.07. The molecule has 2 aromatic rings. The Labute approximate surface area is 125 Å². The number of hydrogen-bond acceptors (Lipinski definition) is 3. The summed E-state index contributed by atoms with van der Waals surface area (Å²) in [7, 11) is 1.77. The van der Waals surface area contributed by atoms with Gasteiger partial charge in [0.15, 0.2) is 0 Å². The van der Waals surface area contributed by atoms with Crippen molar-refractivity contribution < 1.29 is 18.3 Å². The van der Waals surface area contributed by atoms with E-state index in [1.165, 1.54) is 10.9 Å². The average molecular weight is 315 g/mol. The second-order valence-corrected chi connectivity index (χ2v) is 5.78. The van der Waals surface area contributed by atoms with Crippen LogP contribution in [0.5, 0.6) is 0 Å². The molecule has 1 aromatic heterocycles. The number of aliphatic hydroxyl groups is 1. The molecule has 6 heteroatoms. The van der Waals surface area contributed by atoms with Gasteiger partial charge < -0.3 is 10.0 Å². The third kappa shape index (κ3) is 3.98. The summed E-state index contributed by atoms with van der Waals surface area (Å²) in [6.45, 7) is 0.0182. The van der Waals surface area contributed by atoms with E-state index in [4.69, 9.17) is 5.11 Å². The minimum absolute atomic E-state index is 0.0992. The predicted octanol–water partition coefficient (Wildman–Crippen LogP) is 3.94. The highest BCUT2D eigenvalue weighted by Crippen LogP contribution is 2.34. The maximum absolute atomic E-state index is 13.0. The van der Waals surface area contributed by atoms with Gasteiger partial charge >= 0.3 is 6.18 Å². The van der Waals surface area contributed by atoms with Gasteiger partial charge in [-0.15, -0.1) is 11.3 Å². The monoisotopic (exact) mass is 315 g/mol. The zero-order valence-corrected chi connectivity index (χ0v) is 12.3. The van der Waals surface area contributed by atoms with Crippen molar-refractivity contribution in [3.05, 3.63) is 51.7 Å². The first-order chi connectivity index (χ1) is 9.91. The van der Waals surface area contributed by atoms with Crippen molar-refractivity contribution in [1.82, 2.24) is 0 Å². The van der Waals surface area contributed by atoms with Crippen molar-refractivity contribution in [1.29, 1.82) is 0 Å². The van der Waals surface area contributed by atoms with Crippen LogP contribution < -0.4 is 4.90 Å². The van der Waals surface area contributed by atoms with E-state index >= 15 is 0 Å². The molecule has 0 spiro atoms. The Morgan fingerprint density at radius 2 is 2.00 bits per heavy atom. The highest BCUT2D eigenvalue weighted by atomic mass is 32.1. The lowest BCUT2D eigenvalue weighted by atomic mass is 10.1. The van der Waals surface area contributed by atoms with Crippen molar-refractivity contribution in [2.24, 2.45) is 0 Å². The minimum atomic E-state index is -4.46. The highest BCUT2D eigenvalue weighted by Gasteiger charge is 2.33. The van der Waals surface area contributed by atoms with Crippen molar-refractivity contribution >= 4 is 17.0 Å². The molecule has 1 N–H and O–H groups in total. The van der Waals surface area contributed by atoms with Crippen LogP contribution in [0.15, 0.2) is 35.7 Å². The van der Waals surface area contributed by atoms with E-state index in [9.17, 15) is 13.2 Å². The van der Waals surface area contributed by atoms with E-state index < -0.39 is 18.3 Å². The number of thiophene rings is 1. The predicted molar refractivity (Wildman–Crippen MR) is 78.7 cm³/mol. The zero-order chi connectivity index (χ0) is 15.5. The molecular formula is C15H16F3NOS. The number of nitrogens with zero attached hydrogens (tertiary/aromatic N) is 1. The molecule has 0 bridgehead atoms. The third-order valence-corrected chi connectivity index (χ3v) is 4.22. The summed E-state index contributed by atoms with van der Waals surface area (Å²) >= 11 is 1.63. The Morgan fingerprint density at radius 3 is 2.57 bits per heavy atom. The van der Waals surface area contributed by atoms with E-state index in [0.717, 1.165) is 12.5 Å². The molecule has 1 heterocycles. The highest BCUT2D eigenvalue weighted by molar-refractivity contribution is 7.09. The van der Waals surface area contributed by atoms with E-state index in [-0.39, 0.29) is 5.56 Å². The number of hydrogen-bond donors (Lipinski definition) is 1. The molecule has 0 aliphatic heterocycles. The Balaban J connectivity index is 2.15. The lowest BCUT2D eigenvalue weighted by Crippen LogP contribution is -2.21. The Hall–Kier alpha value is -1.53. The minimum Gasteiger partial charge on any atom is -0.392 e. The Kier molecular flexibility index (Phi) is 4.90. The molecule has 0 aliphatic rings. The summed E-state index contributed by atoms with van der Waals surface area (Å²) in [4.78, 5) is 2.99. The lowest BCUT2D eigenvalue weighted by Gasteiger charge is -2.21. The molecular weight excluding hydrogens is 299 g/mol. The first-order valence-corrected chi connectivity index (χ1v) is 7.34. The molecule has 21 heavy (non-hydrogen) atoms. The molecule has 2 nitrogen and oxygen atoms in total. The molecule has 1 aromatic carbocycles. The smallest absolute Gasteiger partial charge is 0.392 e. The molecule has 2 rings (SSSR count). The van der Waals surface area contributed by atoms with E-state index in [2.05, 4.69) is 0 Å². The molecule has 0 saturated carbocycles. The number of anilines is 1. The molecule has 0 unspecified atom stereocenters. The van der Waals surface area contributed by atoms with Gasteiger partial charge in [-0.25, -0.2) is 0 Å². The molecule has 0 atom stereocenters. The summed E-state index contributed by atoms with van der Waals surface area (Å²) in [5.74, 6) is 0. The van der Waals surface area contributed by atoms with Gasteiger partial charge in [0.1, 0.15) is 0 Å². The molecule has 114 valence electrons. The standard InChI is InChI=1S/C15H16F3NOS/c1-19(7-6-13-3-2-8-21-13)12-5-4-11(10-20)14(9-12)15(16,17)18/h2-5,8-9,20H,6-7,10H2,1H3. The van der Waals surface area contributed by atoms with Crippen LogP contribution in [0.2, 0.25) is 0 Å². The number of aliphatic hydroxyl groups excluding tert-OH is 1. The van der Waals surface area contributed by atoms with Crippen LogP contribution >= 0.6 is 11.3 Å². The van der Waals surface area contributed by atoms with Gasteiger partial charge in [-0.3, -0.25) is 0 Å². The summed E-state index contributed by atoms with van der Waals surface area (Å²) in [6, 6.07) is 8.00. The van der Waals surface area contributed by atoms with Gasteiger partial charge in [-0.05, 0) is 35.6 Å². The van der Waals surface area contributed by atoms with Crippen LogP contribution in [-0.4, -0.2) is 18.7 Å². The molecule has 0 radical (unpaired) electrons.